The number of hydrogen-bond donors (Lipinski definition) is 0. The van der Waals surface area contributed by atoms with Crippen molar-refractivity contribution in [3.05, 3.63) is 60.1 Å². The molecule has 0 radical (unpaired) electrons. The summed E-state index contributed by atoms with van der Waals surface area (Å²) in [6.45, 7) is 0. The van der Waals surface area contributed by atoms with Crippen molar-refractivity contribution in [3.8, 4) is 22.0 Å². The lowest BCUT2D eigenvalue weighted by Crippen LogP contribution is -1.94. The Kier molecular flexibility index (Phi) is 2.57. The molecule has 96 valence electrons. The summed E-state index contributed by atoms with van der Waals surface area (Å²) in [6.07, 6.45) is 1.77. The smallest absolute Gasteiger partial charge is 0.220 e. The molecule has 4 aromatic rings. The second-order valence-electron chi connectivity index (χ2n) is 4.32. The first-order valence-electron chi connectivity index (χ1n) is 6.23. The predicted molar refractivity (Wildman–Crippen MR) is 79.5 cm³/mol. The Hall–Kier alpha value is -2.53. The van der Waals surface area contributed by atoms with Gasteiger partial charge in [0.2, 0.25) is 0 Å². The van der Waals surface area contributed by atoms with E-state index in [1.165, 1.54) is 0 Å². The monoisotopic (exact) mass is 278 g/mol. The Labute approximate surface area is 119 Å². The molecule has 0 atom stereocenters. The highest BCUT2D eigenvalue weighted by Crippen LogP contribution is 2.25. The Morgan fingerprint density at radius 1 is 0.950 bits per heavy atom. The van der Waals surface area contributed by atoms with E-state index >= 15 is 0 Å². The second kappa shape index (κ2) is 4.54. The SMILES string of the molecule is c1ccc(-c2nc3nccc(-c4cccs4)n3n2)cc1. The van der Waals surface area contributed by atoms with Gasteiger partial charge in [0.05, 0.1) is 10.6 Å². The van der Waals surface area contributed by atoms with Crippen LogP contribution in [0.2, 0.25) is 0 Å². The molecular formula is C15H10N4S. The van der Waals surface area contributed by atoms with Crippen LogP contribution in [0.15, 0.2) is 60.1 Å². The Morgan fingerprint density at radius 3 is 2.65 bits per heavy atom. The maximum atomic E-state index is 4.59. The third kappa shape index (κ3) is 1.80. The molecule has 1 aromatic carbocycles. The van der Waals surface area contributed by atoms with Crippen molar-refractivity contribution in [3.63, 3.8) is 0 Å². The molecule has 0 amide bonds. The first kappa shape index (κ1) is 11.3. The van der Waals surface area contributed by atoms with E-state index in [0.29, 0.717) is 11.6 Å². The molecule has 0 N–H and O–H groups in total. The van der Waals surface area contributed by atoms with Gasteiger partial charge in [0, 0.05) is 11.8 Å². The molecule has 0 aliphatic heterocycles. The van der Waals surface area contributed by atoms with Crippen LogP contribution in [-0.4, -0.2) is 19.6 Å². The summed E-state index contributed by atoms with van der Waals surface area (Å²) in [4.78, 5) is 9.95. The third-order valence-corrected chi connectivity index (χ3v) is 3.94. The zero-order valence-electron chi connectivity index (χ0n) is 10.5. The van der Waals surface area contributed by atoms with E-state index in [-0.39, 0.29) is 0 Å². The Bertz CT molecular complexity index is 850. The first-order chi connectivity index (χ1) is 9.92. The Balaban J connectivity index is 1.94. The van der Waals surface area contributed by atoms with E-state index in [2.05, 4.69) is 26.5 Å². The average molecular weight is 278 g/mol. The summed E-state index contributed by atoms with van der Waals surface area (Å²) in [7, 11) is 0. The maximum Gasteiger partial charge on any atom is 0.253 e. The molecule has 3 aromatic heterocycles. The van der Waals surface area contributed by atoms with E-state index in [0.717, 1.165) is 16.1 Å². The zero-order valence-corrected chi connectivity index (χ0v) is 11.3. The number of benzene rings is 1. The lowest BCUT2D eigenvalue weighted by Gasteiger charge is -1.99. The minimum atomic E-state index is 0.620. The number of hydrogen-bond acceptors (Lipinski definition) is 4. The normalized spacial score (nSPS) is 11.0. The fourth-order valence-corrected chi connectivity index (χ4v) is 2.85. The quantitative estimate of drug-likeness (QED) is 0.563. The van der Waals surface area contributed by atoms with E-state index in [4.69, 9.17) is 0 Å². The summed E-state index contributed by atoms with van der Waals surface area (Å²) in [5.74, 6) is 1.32. The van der Waals surface area contributed by atoms with Crippen molar-refractivity contribution >= 4 is 17.1 Å². The predicted octanol–water partition coefficient (Wildman–Crippen LogP) is 3.52. The summed E-state index contributed by atoms with van der Waals surface area (Å²) in [6, 6.07) is 16.0. The summed E-state index contributed by atoms with van der Waals surface area (Å²) in [5, 5.41) is 6.64. The first-order valence-corrected chi connectivity index (χ1v) is 7.11. The fourth-order valence-electron chi connectivity index (χ4n) is 2.11. The lowest BCUT2D eigenvalue weighted by atomic mass is 10.2. The van der Waals surface area contributed by atoms with Crippen molar-refractivity contribution in [1.29, 1.82) is 0 Å². The number of rotatable bonds is 2. The van der Waals surface area contributed by atoms with E-state index in [1.807, 2.05) is 42.5 Å². The van der Waals surface area contributed by atoms with Crippen molar-refractivity contribution in [2.45, 2.75) is 0 Å². The van der Waals surface area contributed by atoms with E-state index in [1.54, 1.807) is 22.0 Å². The van der Waals surface area contributed by atoms with Gasteiger partial charge in [-0.3, -0.25) is 0 Å². The second-order valence-corrected chi connectivity index (χ2v) is 5.27. The number of fused-ring (bicyclic) bond motifs is 1. The summed E-state index contributed by atoms with van der Waals surface area (Å²) < 4.78 is 1.80. The van der Waals surface area contributed by atoms with Crippen LogP contribution < -0.4 is 0 Å². The Morgan fingerprint density at radius 2 is 1.85 bits per heavy atom. The molecule has 4 rings (SSSR count). The van der Waals surface area contributed by atoms with Gasteiger partial charge in [-0.15, -0.1) is 16.4 Å². The molecule has 0 fully saturated rings. The minimum Gasteiger partial charge on any atom is -0.220 e. The molecular weight excluding hydrogens is 268 g/mol. The molecule has 0 aliphatic rings. The average Bonchev–Trinajstić information content (AvgIpc) is 3.17. The molecule has 0 saturated heterocycles. The summed E-state index contributed by atoms with van der Waals surface area (Å²) in [5.41, 5.74) is 2.01. The van der Waals surface area contributed by atoms with Crippen LogP contribution in [0.25, 0.3) is 27.7 Å². The molecule has 5 heteroatoms. The van der Waals surface area contributed by atoms with Crippen molar-refractivity contribution in [1.82, 2.24) is 19.6 Å². The maximum absolute atomic E-state index is 4.59. The lowest BCUT2D eigenvalue weighted by molar-refractivity contribution is 0.954. The van der Waals surface area contributed by atoms with Crippen molar-refractivity contribution in [2.24, 2.45) is 0 Å². The highest BCUT2D eigenvalue weighted by atomic mass is 32.1. The third-order valence-electron chi connectivity index (χ3n) is 3.05. The molecule has 0 bridgehead atoms. The van der Waals surface area contributed by atoms with Gasteiger partial charge in [0.1, 0.15) is 0 Å². The van der Waals surface area contributed by atoms with Crippen molar-refractivity contribution in [2.75, 3.05) is 0 Å². The molecule has 4 nitrogen and oxygen atoms in total. The van der Waals surface area contributed by atoms with Crippen molar-refractivity contribution < 1.29 is 0 Å². The molecule has 20 heavy (non-hydrogen) atoms. The number of nitrogens with zero attached hydrogens (tertiary/aromatic N) is 4. The van der Waals surface area contributed by atoms with Crippen LogP contribution in [0.4, 0.5) is 0 Å². The van der Waals surface area contributed by atoms with Crippen LogP contribution in [-0.2, 0) is 0 Å². The van der Waals surface area contributed by atoms with Crippen LogP contribution in [0, 0.1) is 0 Å². The van der Waals surface area contributed by atoms with E-state index in [9.17, 15) is 0 Å². The van der Waals surface area contributed by atoms with Crippen LogP contribution in [0.1, 0.15) is 0 Å². The molecule has 3 heterocycles. The van der Waals surface area contributed by atoms with Gasteiger partial charge in [0.15, 0.2) is 5.82 Å². The molecule has 0 saturated carbocycles. The van der Waals surface area contributed by atoms with E-state index < -0.39 is 0 Å². The van der Waals surface area contributed by atoms with Crippen LogP contribution in [0.5, 0.6) is 0 Å². The minimum absolute atomic E-state index is 0.620. The number of aromatic nitrogens is 4. The standard InChI is InChI=1S/C15H10N4S/c1-2-5-11(6-3-1)14-17-15-16-9-8-12(19(15)18-14)13-7-4-10-20-13/h1-10H. The zero-order chi connectivity index (χ0) is 13.4. The summed E-state index contributed by atoms with van der Waals surface area (Å²) >= 11 is 1.68. The van der Waals surface area contributed by atoms with Gasteiger partial charge in [0.25, 0.3) is 5.78 Å². The highest BCUT2D eigenvalue weighted by molar-refractivity contribution is 7.13. The van der Waals surface area contributed by atoms with Gasteiger partial charge in [-0.1, -0.05) is 36.4 Å². The van der Waals surface area contributed by atoms with Crippen LogP contribution in [0.3, 0.4) is 0 Å². The molecule has 0 unspecified atom stereocenters. The van der Waals surface area contributed by atoms with Gasteiger partial charge < -0.3 is 0 Å². The molecule has 0 spiro atoms. The van der Waals surface area contributed by atoms with Gasteiger partial charge in [-0.25, -0.2) is 4.98 Å². The fraction of sp³-hybridized carbons (Fsp3) is 0. The topological polar surface area (TPSA) is 43.1 Å². The van der Waals surface area contributed by atoms with Crippen LogP contribution >= 0.6 is 11.3 Å². The van der Waals surface area contributed by atoms with Gasteiger partial charge in [-0.2, -0.15) is 9.50 Å². The van der Waals surface area contributed by atoms with Gasteiger partial charge in [-0.05, 0) is 17.5 Å². The largest absolute Gasteiger partial charge is 0.253 e. The van der Waals surface area contributed by atoms with Gasteiger partial charge >= 0.3 is 0 Å². The molecule has 0 aliphatic carbocycles. The highest BCUT2D eigenvalue weighted by Gasteiger charge is 2.11. The number of thiophene rings is 1.